The fraction of sp³-hybridized carbons (Fsp3) is 0.167. The molecule has 6 heteroatoms. The van der Waals surface area contributed by atoms with E-state index in [2.05, 4.69) is 15.0 Å². The van der Waals surface area contributed by atoms with Crippen LogP contribution in [0.4, 0.5) is 0 Å². The quantitative estimate of drug-likeness (QED) is 0.523. The molecule has 0 amide bonds. The van der Waals surface area contributed by atoms with E-state index in [1.54, 1.807) is 17.9 Å². The van der Waals surface area contributed by atoms with Gasteiger partial charge < -0.3 is 15.0 Å². The number of nitrogens with zero attached hydrogens (tertiary/aromatic N) is 3. The number of nitrogens with one attached hydrogen (secondary N) is 2. The minimum Gasteiger partial charge on any atom is -0.412 e. The zero-order valence-electron chi connectivity index (χ0n) is 6.50. The number of hydrogen-bond donors (Lipinski definition) is 2. The van der Waals surface area contributed by atoms with Gasteiger partial charge in [0, 0.05) is 7.05 Å². The lowest BCUT2D eigenvalue weighted by Crippen LogP contribution is -2.17. The summed E-state index contributed by atoms with van der Waals surface area (Å²) in [5.41, 5.74) is 1.66. The van der Waals surface area contributed by atoms with Gasteiger partial charge in [-0.15, -0.1) is 0 Å². The van der Waals surface area contributed by atoms with Crippen LogP contribution in [0.1, 0.15) is 0 Å². The molecule has 0 spiro atoms. The molecule has 0 saturated heterocycles. The Morgan fingerprint density at radius 3 is 3.00 bits per heavy atom. The first-order valence-electron chi connectivity index (χ1n) is 3.18. The Bertz CT molecular complexity index is 442. The standard InChI is InChI=1S/C6H7N5.H2O/c1-11-3-10-6-4(5(11)7)8-2-9-6;/h2-3,7H,1H3,(H,8,9);1H2. The first-order chi connectivity index (χ1) is 5.29. The second kappa shape index (κ2) is 2.74. The Labute approximate surface area is 67.7 Å². The number of aromatic nitrogens is 4. The molecule has 0 bridgehead atoms. The SMILES string of the molecule is Cn1cnc2nc[nH]c2c1=N.O. The van der Waals surface area contributed by atoms with E-state index in [1.165, 1.54) is 6.33 Å². The molecule has 2 aromatic rings. The van der Waals surface area contributed by atoms with E-state index in [1.807, 2.05) is 0 Å². The highest BCUT2D eigenvalue weighted by Crippen LogP contribution is 1.95. The Balaban J connectivity index is 0.000000720. The summed E-state index contributed by atoms with van der Waals surface area (Å²) in [5.74, 6) is 0. The van der Waals surface area contributed by atoms with Crippen molar-refractivity contribution in [2.45, 2.75) is 0 Å². The van der Waals surface area contributed by atoms with Crippen LogP contribution in [0.5, 0.6) is 0 Å². The van der Waals surface area contributed by atoms with Crippen LogP contribution in [0, 0.1) is 5.41 Å². The molecule has 2 aromatic heterocycles. The average molecular weight is 167 g/mol. The van der Waals surface area contributed by atoms with Gasteiger partial charge in [0.05, 0.1) is 12.7 Å². The van der Waals surface area contributed by atoms with Crippen LogP contribution in [0.15, 0.2) is 12.7 Å². The maximum absolute atomic E-state index is 7.56. The summed E-state index contributed by atoms with van der Waals surface area (Å²) >= 11 is 0. The lowest BCUT2D eigenvalue weighted by Gasteiger charge is -1.95. The molecule has 2 rings (SSSR count). The zero-order chi connectivity index (χ0) is 7.84. The van der Waals surface area contributed by atoms with Crippen LogP contribution in [-0.2, 0) is 7.05 Å². The number of aryl methyl sites for hydroxylation is 1. The third-order valence-corrected chi connectivity index (χ3v) is 1.56. The largest absolute Gasteiger partial charge is 0.412 e. The van der Waals surface area contributed by atoms with Gasteiger partial charge in [0.25, 0.3) is 0 Å². The van der Waals surface area contributed by atoms with Crippen molar-refractivity contribution in [2.24, 2.45) is 7.05 Å². The van der Waals surface area contributed by atoms with Gasteiger partial charge in [-0.3, -0.25) is 5.41 Å². The maximum atomic E-state index is 7.56. The topological polar surface area (TPSA) is 102 Å². The molecule has 0 aliphatic heterocycles. The molecule has 0 aliphatic rings. The molecule has 0 aromatic carbocycles. The normalized spacial score (nSPS) is 9.75. The molecule has 0 saturated carbocycles. The molecule has 0 aliphatic carbocycles. The molecule has 0 radical (unpaired) electrons. The van der Waals surface area contributed by atoms with E-state index in [0.29, 0.717) is 16.7 Å². The van der Waals surface area contributed by atoms with Crippen molar-refractivity contribution in [3.63, 3.8) is 0 Å². The molecule has 64 valence electrons. The van der Waals surface area contributed by atoms with Gasteiger partial charge in [-0.2, -0.15) is 0 Å². The Hall–Kier alpha value is -1.69. The van der Waals surface area contributed by atoms with Crippen molar-refractivity contribution in [3.05, 3.63) is 18.1 Å². The second-order valence-corrected chi connectivity index (χ2v) is 2.31. The predicted octanol–water partition coefficient (Wildman–Crippen LogP) is -1.05. The molecular weight excluding hydrogens is 158 g/mol. The molecule has 12 heavy (non-hydrogen) atoms. The second-order valence-electron chi connectivity index (χ2n) is 2.31. The number of aromatic amines is 1. The highest BCUT2D eigenvalue weighted by atomic mass is 16.0. The fourth-order valence-corrected chi connectivity index (χ4v) is 0.935. The van der Waals surface area contributed by atoms with Crippen molar-refractivity contribution in [1.29, 1.82) is 5.41 Å². The van der Waals surface area contributed by atoms with Crippen LogP contribution in [0.3, 0.4) is 0 Å². The summed E-state index contributed by atoms with van der Waals surface area (Å²) in [5, 5.41) is 7.56. The summed E-state index contributed by atoms with van der Waals surface area (Å²) < 4.78 is 1.63. The van der Waals surface area contributed by atoms with Gasteiger partial charge in [-0.1, -0.05) is 0 Å². The fourth-order valence-electron chi connectivity index (χ4n) is 0.935. The van der Waals surface area contributed by atoms with E-state index in [0.717, 1.165) is 0 Å². The van der Waals surface area contributed by atoms with Crippen molar-refractivity contribution in [2.75, 3.05) is 0 Å². The maximum Gasteiger partial charge on any atom is 0.182 e. The van der Waals surface area contributed by atoms with E-state index in [-0.39, 0.29) is 5.48 Å². The van der Waals surface area contributed by atoms with Gasteiger partial charge in [0.1, 0.15) is 5.52 Å². The Morgan fingerprint density at radius 2 is 2.25 bits per heavy atom. The van der Waals surface area contributed by atoms with Crippen LogP contribution < -0.4 is 5.49 Å². The Morgan fingerprint density at radius 1 is 1.50 bits per heavy atom. The lowest BCUT2D eigenvalue weighted by atomic mass is 10.5. The number of imidazole rings is 1. The molecule has 0 atom stereocenters. The summed E-state index contributed by atoms with van der Waals surface area (Å²) in [6, 6.07) is 0. The van der Waals surface area contributed by atoms with E-state index in [4.69, 9.17) is 5.41 Å². The predicted molar refractivity (Wildman–Crippen MR) is 42.3 cm³/mol. The minimum absolute atomic E-state index is 0. The first kappa shape index (κ1) is 8.41. The minimum atomic E-state index is 0. The summed E-state index contributed by atoms with van der Waals surface area (Å²) in [6.07, 6.45) is 3.11. The smallest absolute Gasteiger partial charge is 0.182 e. The number of H-pyrrole nitrogens is 1. The average Bonchev–Trinajstić information content (AvgIpc) is 2.45. The Kier molecular flexibility index (Phi) is 1.92. The third kappa shape index (κ3) is 0.978. The summed E-state index contributed by atoms with van der Waals surface area (Å²) in [7, 11) is 1.77. The van der Waals surface area contributed by atoms with Gasteiger partial charge in [-0.05, 0) is 0 Å². The number of rotatable bonds is 0. The monoisotopic (exact) mass is 167 g/mol. The lowest BCUT2D eigenvalue weighted by molar-refractivity contribution is 0.802. The van der Waals surface area contributed by atoms with Crippen molar-refractivity contribution in [3.8, 4) is 0 Å². The van der Waals surface area contributed by atoms with Crippen LogP contribution in [0.2, 0.25) is 0 Å². The summed E-state index contributed by atoms with van der Waals surface area (Å²) in [6.45, 7) is 0. The molecular formula is C6H9N5O. The molecule has 6 nitrogen and oxygen atoms in total. The molecule has 4 N–H and O–H groups in total. The van der Waals surface area contributed by atoms with Crippen LogP contribution in [-0.4, -0.2) is 25.0 Å². The summed E-state index contributed by atoms with van der Waals surface area (Å²) in [4.78, 5) is 10.8. The molecule has 0 fully saturated rings. The van der Waals surface area contributed by atoms with Gasteiger partial charge in [-0.25, -0.2) is 9.97 Å². The number of fused-ring (bicyclic) bond motifs is 1. The van der Waals surface area contributed by atoms with Gasteiger partial charge in [0.2, 0.25) is 0 Å². The highest BCUT2D eigenvalue weighted by Gasteiger charge is 1.98. The van der Waals surface area contributed by atoms with Gasteiger partial charge >= 0.3 is 0 Å². The van der Waals surface area contributed by atoms with Crippen molar-refractivity contribution < 1.29 is 5.48 Å². The molecule has 0 unspecified atom stereocenters. The van der Waals surface area contributed by atoms with Crippen LogP contribution in [0.25, 0.3) is 11.2 Å². The highest BCUT2D eigenvalue weighted by molar-refractivity contribution is 5.67. The van der Waals surface area contributed by atoms with E-state index >= 15 is 0 Å². The van der Waals surface area contributed by atoms with Crippen molar-refractivity contribution in [1.82, 2.24) is 19.5 Å². The van der Waals surface area contributed by atoms with Crippen molar-refractivity contribution >= 4 is 11.2 Å². The third-order valence-electron chi connectivity index (χ3n) is 1.56. The molecule has 2 heterocycles. The van der Waals surface area contributed by atoms with Crippen LogP contribution >= 0.6 is 0 Å². The van der Waals surface area contributed by atoms with E-state index in [9.17, 15) is 0 Å². The number of hydrogen-bond acceptors (Lipinski definition) is 3. The van der Waals surface area contributed by atoms with Gasteiger partial charge in [0.15, 0.2) is 11.1 Å². The van der Waals surface area contributed by atoms with E-state index < -0.39 is 0 Å². The first-order valence-corrected chi connectivity index (χ1v) is 3.18. The zero-order valence-corrected chi connectivity index (χ0v) is 6.50.